The fourth-order valence-corrected chi connectivity index (χ4v) is 4.94. The van der Waals surface area contributed by atoms with Gasteiger partial charge in [-0.2, -0.15) is 0 Å². The first-order valence-electron chi connectivity index (χ1n) is 9.48. The van der Waals surface area contributed by atoms with Crippen molar-refractivity contribution in [3.63, 3.8) is 0 Å². The van der Waals surface area contributed by atoms with Gasteiger partial charge in [-0.05, 0) is 32.6 Å². The van der Waals surface area contributed by atoms with Gasteiger partial charge in [-0.3, -0.25) is 4.90 Å². The van der Waals surface area contributed by atoms with Crippen molar-refractivity contribution in [1.82, 2.24) is 19.9 Å². The normalized spacial score (nSPS) is 20.2. The van der Waals surface area contributed by atoms with E-state index in [2.05, 4.69) is 25.6 Å². The topological polar surface area (TPSA) is 53.9 Å². The van der Waals surface area contributed by atoms with Crippen molar-refractivity contribution in [3.8, 4) is 0 Å². The third-order valence-corrected chi connectivity index (χ3v) is 6.46. The summed E-state index contributed by atoms with van der Waals surface area (Å²) in [5, 5.41) is 7.21. The molecular weight excluding hydrogens is 330 g/mol. The van der Waals surface area contributed by atoms with Gasteiger partial charge in [0.15, 0.2) is 0 Å². The number of piperidine rings is 1. The van der Waals surface area contributed by atoms with E-state index in [-0.39, 0.29) is 0 Å². The molecule has 2 aliphatic rings. The molecule has 0 amide bonds. The maximum absolute atomic E-state index is 4.93. The highest BCUT2D eigenvalue weighted by Gasteiger charge is 2.22. The van der Waals surface area contributed by atoms with E-state index in [1.807, 2.05) is 24.3 Å². The predicted octanol–water partition coefficient (Wildman–Crippen LogP) is 3.98. The van der Waals surface area contributed by atoms with Crippen molar-refractivity contribution in [2.24, 2.45) is 0 Å². The van der Waals surface area contributed by atoms with Crippen molar-refractivity contribution >= 4 is 17.2 Å². The van der Waals surface area contributed by atoms with Crippen molar-refractivity contribution < 1.29 is 0 Å². The largest absolute Gasteiger partial charge is 0.367 e. The molecule has 0 unspecified atom stereocenters. The number of rotatable bonds is 5. The van der Waals surface area contributed by atoms with Gasteiger partial charge in [0.05, 0.1) is 10.7 Å². The van der Waals surface area contributed by atoms with E-state index in [1.165, 1.54) is 36.4 Å². The Hall–Kier alpha value is -1.53. The van der Waals surface area contributed by atoms with Crippen LogP contribution in [-0.4, -0.2) is 39.0 Å². The fraction of sp³-hybridized carbons (Fsp3) is 0.632. The van der Waals surface area contributed by atoms with Crippen LogP contribution in [0.5, 0.6) is 0 Å². The second-order valence-corrected chi connectivity index (χ2v) is 8.29. The first-order chi connectivity index (χ1) is 12.3. The predicted molar refractivity (Wildman–Crippen MR) is 102 cm³/mol. The second-order valence-electron chi connectivity index (χ2n) is 7.40. The van der Waals surface area contributed by atoms with Crippen LogP contribution in [0.25, 0.3) is 0 Å². The first kappa shape index (κ1) is 16.9. The zero-order chi connectivity index (χ0) is 17.1. The number of hydrogen-bond acceptors (Lipinski definition) is 6. The van der Waals surface area contributed by atoms with Gasteiger partial charge in [-0.25, -0.2) is 15.0 Å². The Morgan fingerprint density at radius 3 is 2.72 bits per heavy atom. The maximum atomic E-state index is 4.93. The molecule has 0 bridgehead atoms. The molecule has 3 heterocycles. The van der Waals surface area contributed by atoms with E-state index in [4.69, 9.17) is 4.98 Å². The van der Waals surface area contributed by atoms with Gasteiger partial charge < -0.3 is 5.32 Å². The SMILES string of the molecule is Cc1cc(NC2CCN(Cc3csc(C4CCCC4)n3)CC2)ncn1. The molecule has 2 aromatic rings. The van der Waals surface area contributed by atoms with E-state index in [0.29, 0.717) is 6.04 Å². The minimum Gasteiger partial charge on any atom is -0.367 e. The molecule has 1 aliphatic carbocycles. The minimum absolute atomic E-state index is 0.509. The molecule has 1 saturated carbocycles. The Kier molecular flexibility index (Phi) is 5.27. The Morgan fingerprint density at radius 1 is 1.16 bits per heavy atom. The molecule has 1 saturated heterocycles. The van der Waals surface area contributed by atoms with Crippen LogP contribution in [0.2, 0.25) is 0 Å². The summed E-state index contributed by atoms with van der Waals surface area (Å²) in [4.78, 5) is 15.9. The van der Waals surface area contributed by atoms with Gasteiger partial charge in [0.25, 0.3) is 0 Å². The minimum atomic E-state index is 0.509. The van der Waals surface area contributed by atoms with Crippen LogP contribution in [-0.2, 0) is 6.54 Å². The number of aryl methyl sites for hydroxylation is 1. The maximum Gasteiger partial charge on any atom is 0.129 e. The summed E-state index contributed by atoms with van der Waals surface area (Å²) in [6, 6.07) is 2.53. The van der Waals surface area contributed by atoms with Crippen LogP contribution >= 0.6 is 11.3 Å². The van der Waals surface area contributed by atoms with Crippen LogP contribution in [0.4, 0.5) is 5.82 Å². The monoisotopic (exact) mass is 357 g/mol. The lowest BCUT2D eigenvalue weighted by Crippen LogP contribution is -2.38. The molecule has 2 aromatic heterocycles. The fourth-order valence-electron chi connectivity index (χ4n) is 3.96. The highest BCUT2D eigenvalue weighted by atomic mass is 32.1. The molecule has 134 valence electrons. The lowest BCUT2D eigenvalue weighted by atomic mass is 10.0. The van der Waals surface area contributed by atoms with Gasteiger partial charge >= 0.3 is 0 Å². The number of nitrogens with one attached hydrogen (secondary N) is 1. The summed E-state index contributed by atoms with van der Waals surface area (Å²) in [6.45, 7) is 5.25. The summed E-state index contributed by atoms with van der Waals surface area (Å²) in [6.07, 6.45) is 9.39. The van der Waals surface area contributed by atoms with Gasteiger partial charge in [0.2, 0.25) is 0 Å². The van der Waals surface area contributed by atoms with Crippen LogP contribution < -0.4 is 5.32 Å². The molecule has 0 spiro atoms. The smallest absolute Gasteiger partial charge is 0.129 e. The van der Waals surface area contributed by atoms with E-state index in [1.54, 1.807) is 6.33 Å². The number of hydrogen-bond donors (Lipinski definition) is 1. The van der Waals surface area contributed by atoms with E-state index in [0.717, 1.165) is 49.9 Å². The van der Waals surface area contributed by atoms with Crippen molar-refractivity contribution in [3.05, 3.63) is 34.2 Å². The van der Waals surface area contributed by atoms with Crippen molar-refractivity contribution in [2.45, 2.75) is 64.0 Å². The van der Waals surface area contributed by atoms with E-state index >= 15 is 0 Å². The molecule has 0 radical (unpaired) electrons. The zero-order valence-electron chi connectivity index (χ0n) is 14.9. The van der Waals surface area contributed by atoms with Gasteiger partial charge in [0.1, 0.15) is 12.1 Å². The number of anilines is 1. The van der Waals surface area contributed by atoms with Crippen LogP contribution in [0.3, 0.4) is 0 Å². The van der Waals surface area contributed by atoms with Crippen LogP contribution in [0.1, 0.15) is 60.8 Å². The number of thiazole rings is 1. The van der Waals surface area contributed by atoms with Gasteiger partial charge in [0, 0.05) is 48.7 Å². The molecule has 1 N–H and O–H groups in total. The molecule has 5 nitrogen and oxygen atoms in total. The lowest BCUT2D eigenvalue weighted by Gasteiger charge is -2.32. The summed E-state index contributed by atoms with van der Waals surface area (Å²) in [7, 11) is 0. The Labute approximate surface area is 153 Å². The number of nitrogens with zero attached hydrogens (tertiary/aromatic N) is 4. The van der Waals surface area contributed by atoms with Gasteiger partial charge in [-0.15, -0.1) is 11.3 Å². The third kappa shape index (κ3) is 4.36. The average molecular weight is 358 g/mol. The molecular formula is C19H27N5S. The Morgan fingerprint density at radius 2 is 1.96 bits per heavy atom. The third-order valence-electron chi connectivity index (χ3n) is 5.40. The van der Waals surface area contributed by atoms with Crippen molar-refractivity contribution in [1.29, 1.82) is 0 Å². The van der Waals surface area contributed by atoms with Crippen LogP contribution in [0, 0.1) is 6.92 Å². The highest BCUT2D eigenvalue weighted by Crippen LogP contribution is 2.35. The second kappa shape index (κ2) is 7.79. The summed E-state index contributed by atoms with van der Waals surface area (Å²) < 4.78 is 0. The van der Waals surface area contributed by atoms with Crippen LogP contribution in [0.15, 0.2) is 17.8 Å². The van der Waals surface area contributed by atoms with Crippen molar-refractivity contribution in [2.75, 3.05) is 18.4 Å². The summed E-state index contributed by atoms with van der Waals surface area (Å²) in [5.41, 5.74) is 2.28. The van der Waals surface area contributed by atoms with Gasteiger partial charge in [-0.1, -0.05) is 12.8 Å². The van der Waals surface area contributed by atoms with E-state index in [9.17, 15) is 0 Å². The molecule has 25 heavy (non-hydrogen) atoms. The average Bonchev–Trinajstić information content (AvgIpc) is 3.28. The molecule has 2 fully saturated rings. The summed E-state index contributed by atoms with van der Waals surface area (Å²) >= 11 is 1.87. The number of aromatic nitrogens is 3. The molecule has 4 rings (SSSR count). The lowest BCUT2D eigenvalue weighted by molar-refractivity contribution is 0.209. The molecule has 0 aromatic carbocycles. The molecule has 0 atom stereocenters. The standard InChI is InChI=1S/C19H27N5S/c1-14-10-18(21-13-20-14)22-16-6-8-24(9-7-16)11-17-12-25-19(23-17)15-4-2-3-5-15/h10,12-13,15-16H,2-9,11H2,1H3,(H,20,21,22). The first-order valence-corrected chi connectivity index (χ1v) is 10.4. The molecule has 6 heteroatoms. The zero-order valence-corrected chi connectivity index (χ0v) is 15.8. The highest BCUT2D eigenvalue weighted by molar-refractivity contribution is 7.09. The summed E-state index contributed by atoms with van der Waals surface area (Å²) in [5.74, 6) is 1.69. The van der Waals surface area contributed by atoms with E-state index < -0.39 is 0 Å². The Balaban J connectivity index is 1.26. The quantitative estimate of drug-likeness (QED) is 0.877. The number of likely N-dealkylation sites (tertiary alicyclic amines) is 1. The Bertz CT molecular complexity index is 687. The molecule has 1 aliphatic heterocycles.